The summed E-state index contributed by atoms with van der Waals surface area (Å²) >= 11 is 3.32. The summed E-state index contributed by atoms with van der Waals surface area (Å²) < 4.78 is 5.84. The van der Waals surface area contributed by atoms with Crippen molar-refractivity contribution in [2.75, 3.05) is 20.3 Å². The van der Waals surface area contributed by atoms with E-state index < -0.39 is 0 Å². The largest absolute Gasteiger partial charge is 0.506 e. The fourth-order valence-electron chi connectivity index (χ4n) is 1.70. The summed E-state index contributed by atoms with van der Waals surface area (Å²) in [6.07, 6.45) is 1.01. The van der Waals surface area contributed by atoms with Gasteiger partial charge in [-0.05, 0) is 33.8 Å². The molecule has 1 rings (SSSR count). The number of para-hydroxylation sites is 1. The predicted molar refractivity (Wildman–Crippen MR) is 77.8 cm³/mol. The summed E-state index contributed by atoms with van der Waals surface area (Å²) in [5.41, 5.74) is 1.10. The van der Waals surface area contributed by atoms with E-state index in [1.165, 1.54) is 0 Å². The van der Waals surface area contributed by atoms with Gasteiger partial charge in [0, 0.05) is 32.4 Å². The van der Waals surface area contributed by atoms with Crippen molar-refractivity contribution in [3.05, 3.63) is 28.2 Å². The number of halogens is 1. The Labute approximate surface area is 118 Å². The summed E-state index contributed by atoms with van der Waals surface area (Å²) in [5.74, 6) is 0.319. The van der Waals surface area contributed by atoms with E-state index in [-0.39, 0.29) is 5.41 Å². The second-order valence-electron chi connectivity index (χ2n) is 5.26. The molecule has 1 aromatic rings. The van der Waals surface area contributed by atoms with Crippen molar-refractivity contribution in [3.63, 3.8) is 0 Å². The topological polar surface area (TPSA) is 41.5 Å². The van der Waals surface area contributed by atoms with Crippen LogP contribution in [0.3, 0.4) is 0 Å². The third kappa shape index (κ3) is 4.96. The van der Waals surface area contributed by atoms with Crippen LogP contribution < -0.4 is 5.32 Å². The van der Waals surface area contributed by atoms with E-state index in [4.69, 9.17) is 4.74 Å². The molecule has 0 amide bonds. The highest BCUT2D eigenvalue weighted by Gasteiger charge is 2.17. The van der Waals surface area contributed by atoms with Gasteiger partial charge in [-0.1, -0.05) is 26.0 Å². The summed E-state index contributed by atoms with van der Waals surface area (Å²) in [5, 5.41) is 13.2. The van der Waals surface area contributed by atoms with Crippen LogP contribution in [0.2, 0.25) is 0 Å². The van der Waals surface area contributed by atoms with Gasteiger partial charge in [-0.3, -0.25) is 0 Å². The maximum absolute atomic E-state index is 9.86. The van der Waals surface area contributed by atoms with E-state index in [1.807, 2.05) is 18.2 Å². The number of phenolic OH excluding ortho intramolecular Hbond substituents is 1. The third-order valence-electron chi connectivity index (χ3n) is 2.97. The van der Waals surface area contributed by atoms with Crippen LogP contribution in [0.25, 0.3) is 0 Å². The average Bonchev–Trinajstić information content (AvgIpc) is 2.32. The molecule has 0 aliphatic heterocycles. The fourth-order valence-corrected chi connectivity index (χ4v) is 2.11. The van der Waals surface area contributed by atoms with Crippen LogP contribution >= 0.6 is 15.9 Å². The van der Waals surface area contributed by atoms with Crippen LogP contribution in [0.15, 0.2) is 22.7 Å². The van der Waals surface area contributed by atoms with Gasteiger partial charge in [-0.25, -0.2) is 0 Å². The number of hydrogen-bond donors (Lipinski definition) is 2. The standard InChI is InChI=1S/C14H22BrNO2/c1-14(2,7-8-18-3)10-16-9-11-5-4-6-12(15)13(11)17/h4-6,16-17H,7-10H2,1-3H3. The fraction of sp³-hybridized carbons (Fsp3) is 0.571. The summed E-state index contributed by atoms with van der Waals surface area (Å²) in [6.45, 7) is 6.75. The molecule has 0 atom stereocenters. The van der Waals surface area contributed by atoms with Crippen LogP contribution in [0, 0.1) is 5.41 Å². The van der Waals surface area contributed by atoms with Crippen molar-refractivity contribution in [3.8, 4) is 5.75 Å². The van der Waals surface area contributed by atoms with Crippen molar-refractivity contribution < 1.29 is 9.84 Å². The first-order chi connectivity index (χ1) is 8.46. The van der Waals surface area contributed by atoms with Gasteiger partial charge in [-0.2, -0.15) is 0 Å². The van der Waals surface area contributed by atoms with E-state index in [2.05, 4.69) is 35.1 Å². The maximum Gasteiger partial charge on any atom is 0.134 e. The number of phenols is 1. The van der Waals surface area contributed by atoms with Crippen LogP contribution in [-0.4, -0.2) is 25.4 Å². The zero-order chi connectivity index (χ0) is 13.6. The Morgan fingerprint density at radius 2 is 2.11 bits per heavy atom. The van der Waals surface area contributed by atoms with Gasteiger partial charge in [0.2, 0.25) is 0 Å². The molecule has 0 radical (unpaired) electrons. The van der Waals surface area contributed by atoms with E-state index in [0.717, 1.165) is 29.6 Å². The molecular formula is C14H22BrNO2. The van der Waals surface area contributed by atoms with Crippen molar-refractivity contribution in [1.29, 1.82) is 0 Å². The number of aromatic hydroxyl groups is 1. The molecular weight excluding hydrogens is 294 g/mol. The molecule has 0 aliphatic rings. The molecule has 0 aromatic heterocycles. The first kappa shape index (κ1) is 15.5. The highest BCUT2D eigenvalue weighted by Crippen LogP contribution is 2.27. The number of rotatable bonds is 7. The molecule has 0 heterocycles. The Morgan fingerprint density at radius 3 is 2.78 bits per heavy atom. The molecule has 0 spiro atoms. The lowest BCUT2D eigenvalue weighted by atomic mass is 9.89. The van der Waals surface area contributed by atoms with Crippen molar-refractivity contribution in [2.45, 2.75) is 26.8 Å². The van der Waals surface area contributed by atoms with Crippen LogP contribution in [0.5, 0.6) is 5.75 Å². The van der Waals surface area contributed by atoms with Crippen molar-refractivity contribution >= 4 is 15.9 Å². The van der Waals surface area contributed by atoms with E-state index >= 15 is 0 Å². The smallest absolute Gasteiger partial charge is 0.134 e. The first-order valence-corrected chi connectivity index (χ1v) is 6.91. The Balaban J connectivity index is 2.44. The van der Waals surface area contributed by atoms with Gasteiger partial charge in [0.05, 0.1) is 4.47 Å². The Hall–Kier alpha value is -0.580. The molecule has 1 aromatic carbocycles. The molecule has 0 unspecified atom stereocenters. The Bertz CT molecular complexity index is 380. The average molecular weight is 316 g/mol. The first-order valence-electron chi connectivity index (χ1n) is 6.12. The molecule has 4 heteroatoms. The Morgan fingerprint density at radius 1 is 1.39 bits per heavy atom. The lowest BCUT2D eigenvalue weighted by molar-refractivity contribution is 0.150. The monoisotopic (exact) mass is 315 g/mol. The van der Waals surface area contributed by atoms with Crippen molar-refractivity contribution in [2.24, 2.45) is 5.41 Å². The highest BCUT2D eigenvalue weighted by molar-refractivity contribution is 9.10. The minimum atomic E-state index is 0.192. The quantitative estimate of drug-likeness (QED) is 0.811. The van der Waals surface area contributed by atoms with Crippen molar-refractivity contribution in [1.82, 2.24) is 5.32 Å². The molecule has 2 N–H and O–H groups in total. The van der Waals surface area contributed by atoms with E-state index in [1.54, 1.807) is 7.11 Å². The molecule has 0 bridgehead atoms. The van der Waals surface area contributed by atoms with Gasteiger partial charge in [0.15, 0.2) is 0 Å². The molecule has 0 saturated carbocycles. The highest BCUT2D eigenvalue weighted by atomic mass is 79.9. The minimum absolute atomic E-state index is 0.192. The lowest BCUT2D eigenvalue weighted by Gasteiger charge is -2.24. The zero-order valence-electron chi connectivity index (χ0n) is 11.3. The number of ether oxygens (including phenoxy) is 1. The second-order valence-corrected chi connectivity index (χ2v) is 6.11. The number of hydrogen-bond acceptors (Lipinski definition) is 3. The Kier molecular flexibility index (Phi) is 6.12. The maximum atomic E-state index is 9.86. The van der Waals surface area contributed by atoms with Gasteiger partial charge >= 0.3 is 0 Å². The summed E-state index contributed by atoms with van der Waals surface area (Å²) in [4.78, 5) is 0. The third-order valence-corrected chi connectivity index (χ3v) is 3.61. The van der Waals surface area contributed by atoms with E-state index in [0.29, 0.717) is 12.3 Å². The van der Waals surface area contributed by atoms with Gasteiger partial charge < -0.3 is 15.2 Å². The molecule has 0 fully saturated rings. The molecule has 102 valence electrons. The summed E-state index contributed by atoms with van der Waals surface area (Å²) in [7, 11) is 1.73. The minimum Gasteiger partial charge on any atom is -0.506 e. The van der Waals surface area contributed by atoms with Gasteiger partial charge in [-0.15, -0.1) is 0 Å². The predicted octanol–water partition coefficient (Wildman–Crippen LogP) is 3.31. The van der Waals surface area contributed by atoms with Gasteiger partial charge in [0.25, 0.3) is 0 Å². The lowest BCUT2D eigenvalue weighted by Crippen LogP contribution is -2.30. The van der Waals surface area contributed by atoms with Crippen LogP contribution in [0.1, 0.15) is 25.8 Å². The summed E-state index contributed by atoms with van der Waals surface area (Å²) in [6, 6.07) is 5.69. The molecule has 0 aliphatic carbocycles. The normalized spacial score (nSPS) is 11.8. The van der Waals surface area contributed by atoms with Crippen LogP contribution in [0.4, 0.5) is 0 Å². The number of benzene rings is 1. The number of methoxy groups -OCH3 is 1. The van der Waals surface area contributed by atoms with Crippen LogP contribution in [-0.2, 0) is 11.3 Å². The second kappa shape index (κ2) is 7.12. The van der Waals surface area contributed by atoms with Gasteiger partial charge in [0.1, 0.15) is 5.75 Å². The molecule has 18 heavy (non-hydrogen) atoms. The number of nitrogens with one attached hydrogen (secondary N) is 1. The molecule has 0 saturated heterocycles. The molecule has 3 nitrogen and oxygen atoms in total. The van der Waals surface area contributed by atoms with E-state index in [9.17, 15) is 5.11 Å². The SMILES string of the molecule is COCCC(C)(C)CNCc1cccc(Br)c1O. The zero-order valence-corrected chi connectivity index (χ0v) is 12.9.